The fraction of sp³-hybridized carbons (Fsp3) is 0.571. The molecule has 1 unspecified atom stereocenters. The van der Waals surface area contributed by atoms with Crippen LogP contribution in [0.3, 0.4) is 0 Å². The molecule has 18 heavy (non-hydrogen) atoms. The van der Waals surface area contributed by atoms with Crippen LogP contribution in [0.15, 0.2) is 18.2 Å². The van der Waals surface area contributed by atoms with Crippen molar-refractivity contribution in [3.8, 4) is 11.5 Å². The van der Waals surface area contributed by atoms with Crippen molar-refractivity contribution in [1.82, 2.24) is 5.32 Å². The zero-order valence-corrected chi connectivity index (χ0v) is 12.2. The molecule has 0 aliphatic carbocycles. The number of thioether (sulfide) groups is 1. The van der Waals surface area contributed by atoms with Gasteiger partial charge in [-0.25, -0.2) is 0 Å². The van der Waals surface area contributed by atoms with Crippen molar-refractivity contribution in [2.75, 3.05) is 25.2 Å². The Balaban J connectivity index is 2.44. The lowest BCUT2D eigenvalue weighted by molar-refractivity contribution is 0.317. The summed E-state index contributed by atoms with van der Waals surface area (Å²) in [6, 6.07) is 5.50. The topological polar surface area (TPSA) is 41.5 Å². The molecule has 3 nitrogen and oxygen atoms in total. The van der Waals surface area contributed by atoms with E-state index in [9.17, 15) is 5.11 Å². The second kappa shape index (κ2) is 8.27. The minimum absolute atomic E-state index is 0.205. The van der Waals surface area contributed by atoms with Crippen molar-refractivity contribution in [3.05, 3.63) is 23.8 Å². The molecule has 0 aliphatic rings. The van der Waals surface area contributed by atoms with Crippen molar-refractivity contribution in [2.45, 2.75) is 20.4 Å². The third kappa shape index (κ3) is 5.19. The Kier molecular flexibility index (Phi) is 6.98. The molecule has 102 valence electrons. The minimum atomic E-state index is 0.205. The first-order valence-corrected chi connectivity index (χ1v) is 7.71. The average molecular weight is 269 g/mol. The quantitative estimate of drug-likeness (QED) is 0.761. The molecule has 0 bridgehead atoms. The first-order chi connectivity index (χ1) is 8.67. The number of hydrogen-bond acceptors (Lipinski definition) is 4. The Hall–Kier alpha value is -0.870. The van der Waals surface area contributed by atoms with Gasteiger partial charge in [0.15, 0.2) is 11.5 Å². The molecule has 0 amide bonds. The largest absolute Gasteiger partial charge is 0.504 e. The maximum atomic E-state index is 9.60. The van der Waals surface area contributed by atoms with Crippen LogP contribution < -0.4 is 10.1 Å². The van der Waals surface area contributed by atoms with Crippen LogP contribution in [0.2, 0.25) is 0 Å². The minimum Gasteiger partial charge on any atom is -0.504 e. The summed E-state index contributed by atoms with van der Waals surface area (Å²) in [5, 5.41) is 13.0. The molecular formula is C14H23NO2S. The molecule has 1 aromatic carbocycles. The Labute approximate surface area is 114 Å². The Morgan fingerprint density at radius 1 is 1.44 bits per heavy atom. The first kappa shape index (κ1) is 15.2. The third-order valence-electron chi connectivity index (χ3n) is 2.60. The highest BCUT2D eigenvalue weighted by Crippen LogP contribution is 2.26. The predicted molar refractivity (Wildman–Crippen MR) is 78.5 cm³/mol. The molecule has 0 saturated carbocycles. The van der Waals surface area contributed by atoms with Crippen LogP contribution >= 0.6 is 11.8 Å². The van der Waals surface area contributed by atoms with Gasteiger partial charge in [-0.05, 0) is 49.1 Å². The van der Waals surface area contributed by atoms with Crippen LogP contribution in [0.4, 0.5) is 0 Å². The van der Waals surface area contributed by atoms with Crippen LogP contribution in [-0.4, -0.2) is 30.3 Å². The molecule has 0 heterocycles. The smallest absolute Gasteiger partial charge is 0.161 e. The SMILES string of the molecule is CCOc1cc(CNCC(C)CSC)ccc1O. The maximum absolute atomic E-state index is 9.60. The van der Waals surface area contributed by atoms with Crippen LogP contribution in [0.1, 0.15) is 19.4 Å². The molecule has 0 radical (unpaired) electrons. The van der Waals surface area contributed by atoms with E-state index >= 15 is 0 Å². The van der Waals surface area contributed by atoms with Gasteiger partial charge in [0.1, 0.15) is 0 Å². The van der Waals surface area contributed by atoms with Crippen molar-refractivity contribution >= 4 is 11.8 Å². The van der Waals surface area contributed by atoms with Gasteiger partial charge in [0.25, 0.3) is 0 Å². The summed E-state index contributed by atoms with van der Waals surface area (Å²) in [6.45, 7) is 6.53. The molecule has 0 saturated heterocycles. The number of benzene rings is 1. The third-order valence-corrected chi connectivity index (χ3v) is 3.50. The average Bonchev–Trinajstić information content (AvgIpc) is 2.34. The zero-order chi connectivity index (χ0) is 13.4. The number of aromatic hydroxyl groups is 1. The lowest BCUT2D eigenvalue weighted by Gasteiger charge is -2.12. The van der Waals surface area contributed by atoms with Gasteiger partial charge in [0, 0.05) is 6.54 Å². The summed E-state index contributed by atoms with van der Waals surface area (Å²) in [5.74, 6) is 2.61. The van der Waals surface area contributed by atoms with Gasteiger partial charge in [-0.2, -0.15) is 11.8 Å². The number of rotatable bonds is 8. The summed E-state index contributed by atoms with van der Waals surface area (Å²) in [5.41, 5.74) is 1.13. The van der Waals surface area contributed by atoms with Crippen LogP contribution in [0, 0.1) is 5.92 Å². The lowest BCUT2D eigenvalue weighted by Crippen LogP contribution is -2.22. The van der Waals surface area contributed by atoms with Crippen molar-refractivity contribution < 1.29 is 9.84 Å². The number of nitrogens with one attached hydrogen (secondary N) is 1. The standard InChI is InChI=1S/C14H23NO2S/c1-4-17-14-7-12(5-6-13(14)16)9-15-8-11(2)10-18-3/h5-7,11,15-16H,4,8-10H2,1-3H3. The van der Waals surface area contributed by atoms with E-state index in [1.165, 1.54) is 5.75 Å². The molecular weight excluding hydrogens is 246 g/mol. The fourth-order valence-corrected chi connectivity index (χ4v) is 2.43. The molecule has 4 heteroatoms. The van der Waals surface area contributed by atoms with Gasteiger partial charge in [0.2, 0.25) is 0 Å². The van der Waals surface area contributed by atoms with Crippen LogP contribution in [-0.2, 0) is 6.54 Å². The van der Waals surface area contributed by atoms with E-state index in [0.717, 1.165) is 18.7 Å². The Morgan fingerprint density at radius 2 is 2.22 bits per heavy atom. The second-order valence-electron chi connectivity index (χ2n) is 4.43. The molecule has 1 aromatic rings. The van der Waals surface area contributed by atoms with Gasteiger partial charge in [-0.15, -0.1) is 0 Å². The fourth-order valence-electron chi connectivity index (χ4n) is 1.75. The van der Waals surface area contributed by atoms with Crippen molar-refractivity contribution in [3.63, 3.8) is 0 Å². The highest BCUT2D eigenvalue weighted by atomic mass is 32.2. The summed E-state index contributed by atoms with van der Waals surface area (Å²) >= 11 is 1.87. The maximum Gasteiger partial charge on any atom is 0.161 e. The molecule has 0 spiro atoms. The van der Waals surface area contributed by atoms with E-state index in [1.807, 2.05) is 30.8 Å². The number of phenolic OH excluding ortho intramolecular Hbond substituents is 1. The van der Waals surface area contributed by atoms with Crippen molar-refractivity contribution in [2.24, 2.45) is 5.92 Å². The van der Waals surface area contributed by atoms with Gasteiger partial charge >= 0.3 is 0 Å². The van der Waals surface area contributed by atoms with E-state index in [2.05, 4.69) is 18.5 Å². The van der Waals surface area contributed by atoms with Gasteiger partial charge in [-0.1, -0.05) is 13.0 Å². The first-order valence-electron chi connectivity index (χ1n) is 6.31. The van der Waals surface area contributed by atoms with Crippen molar-refractivity contribution in [1.29, 1.82) is 0 Å². The van der Waals surface area contributed by atoms with E-state index < -0.39 is 0 Å². The predicted octanol–water partition coefficient (Wildman–Crippen LogP) is 2.88. The second-order valence-corrected chi connectivity index (χ2v) is 5.34. The molecule has 1 rings (SSSR count). The lowest BCUT2D eigenvalue weighted by atomic mass is 10.2. The van der Waals surface area contributed by atoms with E-state index in [1.54, 1.807) is 6.07 Å². The monoisotopic (exact) mass is 269 g/mol. The highest BCUT2D eigenvalue weighted by molar-refractivity contribution is 7.98. The molecule has 0 aliphatic heterocycles. The Bertz CT molecular complexity index is 358. The number of hydrogen-bond donors (Lipinski definition) is 2. The number of ether oxygens (including phenoxy) is 1. The van der Waals surface area contributed by atoms with Crippen LogP contribution in [0.5, 0.6) is 11.5 Å². The number of phenols is 1. The molecule has 0 fully saturated rings. The van der Waals surface area contributed by atoms with Gasteiger partial charge in [-0.3, -0.25) is 0 Å². The van der Waals surface area contributed by atoms with E-state index in [4.69, 9.17) is 4.74 Å². The molecule has 1 atom stereocenters. The summed E-state index contributed by atoms with van der Waals surface area (Å²) < 4.78 is 5.36. The summed E-state index contributed by atoms with van der Waals surface area (Å²) in [7, 11) is 0. The normalized spacial score (nSPS) is 12.4. The van der Waals surface area contributed by atoms with Gasteiger partial charge in [0.05, 0.1) is 6.61 Å². The molecule has 2 N–H and O–H groups in total. The summed E-state index contributed by atoms with van der Waals surface area (Å²) in [4.78, 5) is 0. The van der Waals surface area contributed by atoms with E-state index in [-0.39, 0.29) is 5.75 Å². The highest BCUT2D eigenvalue weighted by Gasteiger charge is 2.04. The summed E-state index contributed by atoms with van der Waals surface area (Å²) in [6.07, 6.45) is 2.13. The van der Waals surface area contributed by atoms with E-state index in [0.29, 0.717) is 18.3 Å². The molecule has 0 aromatic heterocycles. The van der Waals surface area contributed by atoms with Crippen LogP contribution in [0.25, 0.3) is 0 Å². The zero-order valence-electron chi connectivity index (χ0n) is 11.4. The Morgan fingerprint density at radius 3 is 2.89 bits per heavy atom. The van der Waals surface area contributed by atoms with Gasteiger partial charge < -0.3 is 15.2 Å².